The van der Waals surface area contributed by atoms with Gasteiger partial charge in [0.15, 0.2) is 11.0 Å². The number of para-hydroxylation sites is 2. The van der Waals surface area contributed by atoms with Crippen LogP contribution in [-0.4, -0.2) is 42.2 Å². The van der Waals surface area contributed by atoms with E-state index in [1.165, 1.54) is 23.9 Å². The van der Waals surface area contributed by atoms with E-state index >= 15 is 0 Å². The Labute approximate surface area is 230 Å². The van der Waals surface area contributed by atoms with Crippen LogP contribution < -0.4 is 10.7 Å². The van der Waals surface area contributed by atoms with Crippen molar-refractivity contribution in [3.05, 3.63) is 98.8 Å². The molecule has 38 heavy (non-hydrogen) atoms. The lowest BCUT2D eigenvalue weighted by atomic mass is 10.2. The van der Waals surface area contributed by atoms with E-state index in [1.807, 2.05) is 65.2 Å². The molecule has 0 bridgehead atoms. The average molecular weight is 596 g/mol. The average Bonchev–Trinajstić information content (AvgIpc) is 3.32. The monoisotopic (exact) mass is 595 g/mol. The second kappa shape index (κ2) is 12.3. The fraction of sp³-hybridized carbons (Fsp3) is 0.120. The van der Waals surface area contributed by atoms with Crippen LogP contribution in [0.5, 0.6) is 5.75 Å². The van der Waals surface area contributed by atoms with Gasteiger partial charge < -0.3 is 10.4 Å². The van der Waals surface area contributed by atoms with Crippen LogP contribution in [0.15, 0.2) is 87.5 Å². The summed E-state index contributed by atoms with van der Waals surface area (Å²) < 4.78 is 2.27. The second-order valence-electron chi connectivity index (χ2n) is 7.90. The maximum absolute atomic E-state index is 12.7. The molecule has 1 atom stereocenters. The number of hydrazone groups is 1. The largest absolute Gasteiger partial charge is 0.502 e. The maximum atomic E-state index is 12.7. The van der Waals surface area contributed by atoms with Crippen molar-refractivity contribution in [1.82, 2.24) is 20.2 Å². The minimum absolute atomic E-state index is 0.0751. The first-order chi connectivity index (χ1) is 18.3. The summed E-state index contributed by atoms with van der Waals surface area (Å²) in [4.78, 5) is 23.1. The number of benzene rings is 3. The van der Waals surface area contributed by atoms with E-state index in [4.69, 9.17) is 0 Å². The molecule has 0 saturated carbocycles. The lowest BCUT2D eigenvalue weighted by molar-refractivity contribution is -0.385. The number of aromatic nitrogens is 3. The molecular formula is C25H22BrN7O4S. The summed E-state index contributed by atoms with van der Waals surface area (Å²) in [7, 11) is 0. The number of hydrogen-bond donors (Lipinski definition) is 3. The van der Waals surface area contributed by atoms with Gasteiger partial charge in [-0.15, -0.1) is 10.2 Å². The number of carbonyl (C=O) groups excluding carboxylic acids is 1. The number of hydrogen-bond acceptors (Lipinski definition) is 9. The van der Waals surface area contributed by atoms with Crippen molar-refractivity contribution in [3.8, 4) is 11.4 Å². The zero-order chi connectivity index (χ0) is 27.1. The third-order valence-corrected chi connectivity index (χ3v) is 6.75. The molecule has 1 heterocycles. The Morgan fingerprint density at radius 3 is 2.55 bits per heavy atom. The van der Waals surface area contributed by atoms with Gasteiger partial charge in [0.25, 0.3) is 5.91 Å². The number of nitro groups is 1. The summed E-state index contributed by atoms with van der Waals surface area (Å²) in [6, 6.07) is 21.9. The molecule has 4 rings (SSSR count). The molecule has 0 spiro atoms. The molecule has 0 aliphatic rings. The summed E-state index contributed by atoms with van der Waals surface area (Å²) >= 11 is 4.36. The molecule has 194 valence electrons. The van der Waals surface area contributed by atoms with E-state index in [-0.39, 0.29) is 5.56 Å². The van der Waals surface area contributed by atoms with Gasteiger partial charge in [-0.2, -0.15) is 5.10 Å². The number of rotatable bonds is 10. The number of nitro benzene ring substituents is 1. The Morgan fingerprint density at radius 1 is 1.18 bits per heavy atom. The number of phenols is 1. The Hall–Kier alpha value is -4.23. The number of amides is 1. The van der Waals surface area contributed by atoms with Crippen molar-refractivity contribution in [2.75, 3.05) is 5.32 Å². The van der Waals surface area contributed by atoms with Crippen LogP contribution in [0.4, 0.5) is 11.4 Å². The first kappa shape index (κ1) is 26.8. The molecule has 1 amide bonds. The zero-order valence-electron chi connectivity index (χ0n) is 20.0. The zero-order valence-corrected chi connectivity index (χ0v) is 22.4. The minimum Gasteiger partial charge on any atom is -0.502 e. The molecule has 4 aromatic rings. The Bertz CT molecular complexity index is 1470. The van der Waals surface area contributed by atoms with Crippen molar-refractivity contribution in [2.24, 2.45) is 5.10 Å². The lowest BCUT2D eigenvalue weighted by Gasteiger charge is -2.13. The Morgan fingerprint density at radius 2 is 1.87 bits per heavy atom. The Kier molecular flexibility index (Phi) is 8.71. The van der Waals surface area contributed by atoms with Gasteiger partial charge in [0.1, 0.15) is 0 Å². The number of thioether (sulfide) groups is 1. The van der Waals surface area contributed by atoms with Crippen molar-refractivity contribution in [3.63, 3.8) is 0 Å². The van der Waals surface area contributed by atoms with E-state index < -0.39 is 27.5 Å². The quantitative estimate of drug-likeness (QED) is 0.102. The van der Waals surface area contributed by atoms with Crippen molar-refractivity contribution in [1.29, 1.82) is 0 Å². The van der Waals surface area contributed by atoms with Crippen LogP contribution in [0, 0.1) is 10.1 Å². The summed E-state index contributed by atoms with van der Waals surface area (Å²) in [5, 5.41) is 37.0. The summed E-state index contributed by atoms with van der Waals surface area (Å²) in [5.74, 6) is -0.312. The van der Waals surface area contributed by atoms with E-state index in [0.29, 0.717) is 22.0 Å². The van der Waals surface area contributed by atoms with Gasteiger partial charge in [-0.3, -0.25) is 19.5 Å². The first-order valence-electron chi connectivity index (χ1n) is 11.3. The molecule has 0 aliphatic heterocycles. The molecule has 0 aliphatic carbocycles. The van der Waals surface area contributed by atoms with E-state index in [0.717, 1.165) is 17.6 Å². The minimum atomic E-state index is -0.707. The van der Waals surface area contributed by atoms with Crippen LogP contribution >= 0.6 is 27.7 Å². The van der Waals surface area contributed by atoms with Crippen LogP contribution in [0.3, 0.4) is 0 Å². The normalized spacial score (nSPS) is 11.8. The SMILES string of the molecule is C[C@H](Sc1nnc(CNc2ccccc2)n1-c1ccccc1)C(=O)N/N=C\c1cc(Br)cc([N+](=O)[O-])c1O. The second-order valence-corrected chi connectivity index (χ2v) is 10.1. The number of anilines is 1. The number of aromatic hydroxyl groups is 1. The lowest BCUT2D eigenvalue weighted by Crippen LogP contribution is -2.27. The van der Waals surface area contributed by atoms with Crippen LogP contribution in [0.2, 0.25) is 0 Å². The van der Waals surface area contributed by atoms with E-state index in [2.05, 4.69) is 42.0 Å². The molecule has 3 N–H and O–H groups in total. The fourth-order valence-electron chi connectivity index (χ4n) is 3.38. The number of carbonyl (C=O) groups is 1. The predicted molar refractivity (Wildman–Crippen MR) is 149 cm³/mol. The number of phenolic OH excluding ortho intramolecular Hbond substituents is 1. The highest BCUT2D eigenvalue weighted by Crippen LogP contribution is 2.32. The van der Waals surface area contributed by atoms with Crippen LogP contribution in [0.25, 0.3) is 5.69 Å². The van der Waals surface area contributed by atoms with Gasteiger partial charge in [0, 0.05) is 27.5 Å². The van der Waals surface area contributed by atoms with Crippen LogP contribution in [0.1, 0.15) is 18.3 Å². The first-order valence-corrected chi connectivity index (χ1v) is 13.0. The molecule has 0 fully saturated rings. The molecule has 0 saturated heterocycles. The van der Waals surface area contributed by atoms with Gasteiger partial charge in [-0.05, 0) is 37.3 Å². The highest BCUT2D eigenvalue weighted by atomic mass is 79.9. The molecule has 11 nitrogen and oxygen atoms in total. The standard InChI is InChI=1S/C25H22BrN7O4S/c1-16(24(35)30-28-14-17-12-18(26)13-21(23(17)34)33(36)37)38-25-31-29-22(15-27-19-8-4-2-5-9-19)32(25)20-10-6-3-7-11-20/h2-14,16,27,34H,15H2,1H3,(H,30,35)/b28-14-/t16-/m0/s1. The fourth-order valence-corrected chi connectivity index (χ4v) is 4.72. The van der Waals surface area contributed by atoms with Gasteiger partial charge in [-0.1, -0.05) is 64.1 Å². The molecular weight excluding hydrogens is 574 g/mol. The van der Waals surface area contributed by atoms with Gasteiger partial charge >= 0.3 is 5.69 Å². The van der Waals surface area contributed by atoms with Gasteiger partial charge in [0.05, 0.1) is 22.9 Å². The third-order valence-electron chi connectivity index (χ3n) is 5.25. The maximum Gasteiger partial charge on any atom is 0.312 e. The highest BCUT2D eigenvalue weighted by molar-refractivity contribution is 9.10. The molecule has 1 aromatic heterocycles. The third kappa shape index (κ3) is 6.55. The summed E-state index contributed by atoms with van der Waals surface area (Å²) in [5.41, 5.74) is 3.79. The van der Waals surface area contributed by atoms with Crippen LogP contribution in [-0.2, 0) is 11.3 Å². The van der Waals surface area contributed by atoms with Crippen molar-refractivity contribution in [2.45, 2.75) is 23.9 Å². The predicted octanol–water partition coefficient (Wildman–Crippen LogP) is 4.89. The molecule has 0 radical (unpaired) electrons. The van der Waals surface area contributed by atoms with Crippen molar-refractivity contribution < 1.29 is 14.8 Å². The number of halogens is 1. The van der Waals surface area contributed by atoms with E-state index in [1.54, 1.807) is 6.92 Å². The molecule has 3 aromatic carbocycles. The highest BCUT2D eigenvalue weighted by Gasteiger charge is 2.21. The smallest absolute Gasteiger partial charge is 0.312 e. The number of nitrogens with zero attached hydrogens (tertiary/aromatic N) is 5. The topological polar surface area (TPSA) is 148 Å². The van der Waals surface area contributed by atoms with Gasteiger partial charge in [-0.25, -0.2) is 5.43 Å². The number of nitrogens with one attached hydrogen (secondary N) is 2. The summed E-state index contributed by atoms with van der Waals surface area (Å²) in [6.07, 6.45) is 1.14. The molecule has 0 unspecified atom stereocenters. The molecule has 13 heteroatoms. The Balaban J connectivity index is 1.48. The van der Waals surface area contributed by atoms with Crippen molar-refractivity contribution >= 4 is 51.2 Å². The van der Waals surface area contributed by atoms with E-state index in [9.17, 15) is 20.0 Å². The van der Waals surface area contributed by atoms with Gasteiger partial charge in [0.2, 0.25) is 5.75 Å². The summed E-state index contributed by atoms with van der Waals surface area (Å²) in [6.45, 7) is 2.11.